The number of benzene rings is 2. The van der Waals surface area contributed by atoms with E-state index in [-0.39, 0.29) is 11.7 Å². The Balaban J connectivity index is 2.12. The number of halogens is 2. The third-order valence-electron chi connectivity index (χ3n) is 2.96. The molecule has 0 aliphatic rings. The first-order valence-corrected chi connectivity index (χ1v) is 6.72. The van der Waals surface area contributed by atoms with Gasteiger partial charge in [-0.2, -0.15) is 5.10 Å². The van der Waals surface area contributed by atoms with Gasteiger partial charge in [0.05, 0.1) is 16.3 Å². The van der Waals surface area contributed by atoms with Crippen molar-refractivity contribution in [3.05, 3.63) is 70.0 Å². The first kappa shape index (κ1) is 15.2. The molecule has 5 heteroatoms. The van der Waals surface area contributed by atoms with Crippen LogP contribution in [0.15, 0.2) is 47.6 Å². The number of hydrazone groups is 1. The van der Waals surface area contributed by atoms with Crippen LogP contribution in [0.2, 0.25) is 5.02 Å². The van der Waals surface area contributed by atoms with Crippen LogP contribution in [0.25, 0.3) is 0 Å². The Morgan fingerprint density at radius 1 is 1.19 bits per heavy atom. The summed E-state index contributed by atoms with van der Waals surface area (Å²) in [4.78, 5) is 12.0. The van der Waals surface area contributed by atoms with Gasteiger partial charge in [-0.3, -0.25) is 4.79 Å². The van der Waals surface area contributed by atoms with Gasteiger partial charge < -0.3 is 0 Å². The number of nitrogens with one attached hydrogen (secondary N) is 1. The maximum absolute atomic E-state index is 12.8. The highest BCUT2D eigenvalue weighted by Gasteiger charge is 2.09. The van der Waals surface area contributed by atoms with Gasteiger partial charge in [0.2, 0.25) is 0 Å². The van der Waals surface area contributed by atoms with Gasteiger partial charge in [-0.1, -0.05) is 29.8 Å². The monoisotopic (exact) mass is 304 g/mol. The molecule has 0 unspecified atom stereocenters. The van der Waals surface area contributed by atoms with Gasteiger partial charge in [0.25, 0.3) is 5.91 Å². The Labute approximate surface area is 127 Å². The fraction of sp³-hybridized carbons (Fsp3) is 0.125. The van der Waals surface area contributed by atoms with Crippen LogP contribution in [0.3, 0.4) is 0 Å². The summed E-state index contributed by atoms with van der Waals surface area (Å²) in [7, 11) is 0. The molecule has 108 valence electrons. The van der Waals surface area contributed by atoms with Gasteiger partial charge in [0.15, 0.2) is 0 Å². The number of nitrogens with zero attached hydrogens (tertiary/aromatic N) is 1. The minimum Gasteiger partial charge on any atom is -0.267 e. The minimum atomic E-state index is -0.388. The largest absolute Gasteiger partial charge is 0.272 e. The lowest BCUT2D eigenvalue weighted by atomic mass is 10.1. The summed E-state index contributed by atoms with van der Waals surface area (Å²) in [6.45, 7) is 3.62. The molecule has 0 aromatic heterocycles. The molecule has 0 radical (unpaired) electrons. The Bertz CT molecular complexity index is 696. The molecule has 0 aliphatic heterocycles. The average Bonchev–Trinajstić information content (AvgIpc) is 2.45. The van der Waals surface area contributed by atoms with Gasteiger partial charge in [-0.15, -0.1) is 0 Å². The second-order valence-electron chi connectivity index (χ2n) is 4.63. The number of amides is 1. The summed E-state index contributed by atoms with van der Waals surface area (Å²) in [5.74, 6) is -0.705. The molecule has 1 N–H and O–H groups in total. The molecule has 2 rings (SSSR count). The Morgan fingerprint density at radius 2 is 1.86 bits per heavy atom. The smallest absolute Gasteiger partial charge is 0.267 e. The predicted molar refractivity (Wildman–Crippen MR) is 82.3 cm³/mol. The molecule has 0 fully saturated rings. The molecule has 0 heterocycles. The van der Waals surface area contributed by atoms with Crippen LogP contribution in [0.1, 0.15) is 28.4 Å². The van der Waals surface area contributed by atoms with E-state index in [9.17, 15) is 9.18 Å². The van der Waals surface area contributed by atoms with E-state index in [1.54, 1.807) is 37.3 Å². The van der Waals surface area contributed by atoms with Crippen molar-refractivity contribution in [1.82, 2.24) is 5.43 Å². The average molecular weight is 305 g/mol. The molecular weight excluding hydrogens is 291 g/mol. The van der Waals surface area contributed by atoms with Crippen LogP contribution >= 0.6 is 11.6 Å². The molecule has 0 bridgehead atoms. The number of hydrogen-bond acceptors (Lipinski definition) is 2. The van der Waals surface area contributed by atoms with Crippen LogP contribution in [0.5, 0.6) is 0 Å². The van der Waals surface area contributed by atoms with Crippen molar-refractivity contribution >= 4 is 23.2 Å². The van der Waals surface area contributed by atoms with Gasteiger partial charge >= 0.3 is 0 Å². The fourth-order valence-electron chi connectivity index (χ4n) is 1.75. The summed E-state index contributed by atoms with van der Waals surface area (Å²) in [6.07, 6.45) is 0. The quantitative estimate of drug-likeness (QED) is 0.677. The van der Waals surface area contributed by atoms with Gasteiger partial charge in [0.1, 0.15) is 5.82 Å². The van der Waals surface area contributed by atoms with Crippen molar-refractivity contribution in [1.29, 1.82) is 0 Å². The van der Waals surface area contributed by atoms with E-state index in [2.05, 4.69) is 10.5 Å². The predicted octanol–water partition coefficient (Wildman–Crippen LogP) is 3.94. The van der Waals surface area contributed by atoms with Crippen molar-refractivity contribution in [2.24, 2.45) is 5.10 Å². The lowest BCUT2D eigenvalue weighted by Crippen LogP contribution is -2.19. The van der Waals surface area contributed by atoms with Crippen LogP contribution in [0, 0.1) is 12.7 Å². The van der Waals surface area contributed by atoms with Crippen LogP contribution < -0.4 is 5.43 Å². The Morgan fingerprint density at radius 3 is 2.48 bits per heavy atom. The van der Waals surface area contributed by atoms with Gasteiger partial charge in [0, 0.05) is 0 Å². The first-order valence-electron chi connectivity index (χ1n) is 6.34. The van der Waals surface area contributed by atoms with E-state index >= 15 is 0 Å². The molecule has 3 nitrogen and oxygen atoms in total. The van der Waals surface area contributed by atoms with Crippen molar-refractivity contribution in [2.75, 3.05) is 0 Å². The second-order valence-corrected chi connectivity index (χ2v) is 5.04. The molecule has 0 saturated heterocycles. The molecule has 0 aliphatic carbocycles. The summed E-state index contributed by atoms with van der Waals surface area (Å²) in [5.41, 5.74) is 5.08. The van der Waals surface area contributed by atoms with E-state index < -0.39 is 0 Å². The zero-order valence-corrected chi connectivity index (χ0v) is 12.4. The molecule has 21 heavy (non-hydrogen) atoms. The second kappa shape index (κ2) is 6.50. The Hall–Kier alpha value is -2.20. The number of hydrogen-bond donors (Lipinski definition) is 1. The normalized spacial score (nSPS) is 11.3. The van der Waals surface area contributed by atoms with E-state index in [1.807, 2.05) is 6.92 Å². The highest BCUT2D eigenvalue weighted by molar-refractivity contribution is 6.33. The van der Waals surface area contributed by atoms with Crippen molar-refractivity contribution < 1.29 is 9.18 Å². The lowest BCUT2D eigenvalue weighted by molar-refractivity contribution is 0.0955. The maximum atomic E-state index is 12.8. The number of rotatable bonds is 3. The third-order valence-corrected chi connectivity index (χ3v) is 3.27. The minimum absolute atomic E-state index is 0.318. The highest BCUT2D eigenvalue weighted by atomic mass is 35.5. The number of carbonyl (C=O) groups excluding carboxylic acids is 1. The molecule has 1 amide bonds. The van der Waals surface area contributed by atoms with Crippen molar-refractivity contribution in [3.8, 4) is 0 Å². The topological polar surface area (TPSA) is 41.5 Å². The molecule has 0 spiro atoms. The summed E-state index contributed by atoms with van der Waals surface area (Å²) >= 11 is 6.02. The standard InChI is InChI=1S/C16H14ClFN2O/c1-10-3-8-14(15(17)9-10)16(21)20-19-11(2)12-4-6-13(18)7-5-12/h3-9H,1-2H3,(H,20,21)/b19-11-. The fourth-order valence-corrected chi connectivity index (χ4v) is 2.08. The number of aryl methyl sites for hydroxylation is 1. The highest BCUT2D eigenvalue weighted by Crippen LogP contribution is 2.17. The molecule has 0 saturated carbocycles. The van der Waals surface area contributed by atoms with Crippen LogP contribution in [-0.2, 0) is 0 Å². The van der Waals surface area contributed by atoms with E-state index in [0.29, 0.717) is 16.3 Å². The van der Waals surface area contributed by atoms with Crippen molar-refractivity contribution in [2.45, 2.75) is 13.8 Å². The van der Waals surface area contributed by atoms with Crippen LogP contribution in [-0.4, -0.2) is 11.6 Å². The Kier molecular flexibility index (Phi) is 4.70. The summed E-state index contributed by atoms with van der Waals surface area (Å²) in [5, 5.41) is 4.38. The van der Waals surface area contributed by atoms with Crippen molar-refractivity contribution in [3.63, 3.8) is 0 Å². The molecule has 2 aromatic carbocycles. The van der Waals surface area contributed by atoms with Gasteiger partial charge in [-0.05, 0) is 49.2 Å². The first-order chi connectivity index (χ1) is 9.97. The summed E-state index contributed by atoms with van der Waals surface area (Å²) < 4.78 is 12.8. The number of carbonyl (C=O) groups is 1. The zero-order chi connectivity index (χ0) is 15.4. The molecular formula is C16H14ClFN2O. The molecule has 2 aromatic rings. The summed E-state index contributed by atoms with van der Waals surface area (Å²) in [6, 6.07) is 11.0. The maximum Gasteiger partial charge on any atom is 0.272 e. The van der Waals surface area contributed by atoms with Gasteiger partial charge in [-0.25, -0.2) is 9.82 Å². The van der Waals surface area contributed by atoms with Crippen LogP contribution in [0.4, 0.5) is 4.39 Å². The lowest BCUT2D eigenvalue weighted by Gasteiger charge is -2.05. The SMILES string of the molecule is C/C(=N/NC(=O)c1ccc(C)cc1Cl)c1ccc(F)cc1. The van der Waals surface area contributed by atoms with E-state index in [1.165, 1.54) is 12.1 Å². The molecule has 0 atom stereocenters. The zero-order valence-electron chi connectivity index (χ0n) is 11.7. The van der Waals surface area contributed by atoms with E-state index in [0.717, 1.165) is 11.1 Å². The van der Waals surface area contributed by atoms with E-state index in [4.69, 9.17) is 11.6 Å². The third kappa shape index (κ3) is 3.89.